The van der Waals surface area contributed by atoms with Crippen molar-refractivity contribution in [3.8, 4) is 17.9 Å². The van der Waals surface area contributed by atoms with Crippen LogP contribution >= 0.6 is 23.1 Å². The molecule has 9 nitrogen and oxygen atoms in total. The quantitative estimate of drug-likeness (QED) is 0.312. The maximum atomic E-state index is 12.5. The molecule has 0 radical (unpaired) electrons. The Kier molecular flexibility index (Phi) is 5.92. The topological polar surface area (TPSA) is 139 Å². The summed E-state index contributed by atoms with van der Waals surface area (Å²) in [6, 6.07) is 12.2. The molecule has 1 amide bonds. The predicted molar refractivity (Wildman–Crippen MR) is 130 cm³/mol. The molecule has 1 aliphatic rings. The Morgan fingerprint density at radius 3 is 2.72 bits per heavy atom. The highest BCUT2D eigenvalue weighted by Crippen LogP contribution is 2.50. The molecule has 4 aromatic rings. The zero-order valence-corrected chi connectivity index (χ0v) is 20.2. The molecule has 180 valence electrons. The summed E-state index contributed by atoms with van der Waals surface area (Å²) in [4.78, 5) is 24.3. The Balaban J connectivity index is 1.33. The highest BCUT2D eigenvalue weighted by molar-refractivity contribution is 7.07. The van der Waals surface area contributed by atoms with Crippen molar-refractivity contribution in [3.05, 3.63) is 69.1 Å². The van der Waals surface area contributed by atoms with Gasteiger partial charge in [0.15, 0.2) is 11.5 Å². The van der Waals surface area contributed by atoms with Crippen LogP contribution in [0.2, 0.25) is 5.02 Å². The van der Waals surface area contributed by atoms with Gasteiger partial charge in [0.1, 0.15) is 33.9 Å². The van der Waals surface area contributed by atoms with Crippen LogP contribution in [0.1, 0.15) is 53.5 Å². The number of hydrogen-bond donors (Lipinski definition) is 2. The molecule has 1 fully saturated rings. The van der Waals surface area contributed by atoms with Crippen LogP contribution in [0.5, 0.6) is 0 Å². The second-order valence-corrected chi connectivity index (χ2v) is 9.32. The summed E-state index contributed by atoms with van der Waals surface area (Å²) < 4.78 is 20.7. The first kappa shape index (κ1) is 23.5. The lowest BCUT2D eigenvalue weighted by atomic mass is 10.0. The van der Waals surface area contributed by atoms with Crippen molar-refractivity contribution in [1.29, 1.82) is 5.26 Å². The molecular formula is C25H16ClN3O6S. The van der Waals surface area contributed by atoms with Gasteiger partial charge in [0, 0.05) is 16.7 Å². The van der Waals surface area contributed by atoms with E-state index in [1.165, 1.54) is 0 Å². The van der Waals surface area contributed by atoms with Gasteiger partial charge in [-0.2, -0.15) is 9.64 Å². The molecule has 1 saturated carbocycles. The van der Waals surface area contributed by atoms with E-state index in [4.69, 9.17) is 25.2 Å². The fraction of sp³-hybridized carbons (Fsp3) is 0.200. The summed E-state index contributed by atoms with van der Waals surface area (Å²) in [5, 5.41) is 22.4. The van der Waals surface area contributed by atoms with E-state index in [0.717, 1.165) is 11.5 Å². The summed E-state index contributed by atoms with van der Waals surface area (Å²) in [6.07, 6.45) is -0.387. The molecule has 0 spiro atoms. The number of rotatable bonds is 5. The van der Waals surface area contributed by atoms with Gasteiger partial charge in [0.05, 0.1) is 5.39 Å². The first-order valence-corrected chi connectivity index (χ1v) is 11.9. The van der Waals surface area contributed by atoms with Crippen LogP contribution in [-0.4, -0.2) is 21.5 Å². The monoisotopic (exact) mass is 521 g/mol. The Morgan fingerprint density at radius 1 is 1.28 bits per heavy atom. The van der Waals surface area contributed by atoms with Gasteiger partial charge in [-0.3, -0.25) is 10.1 Å². The Bertz CT molecular complexity index is 1580. The molecule has 3 heterocycles. The minimum absolute atomic E-state index is 0.00658. The van der Waals surface area contributed by atoms with Crippen LogP contribution in [0.25, 0.3) is 11.2 Å². The maximum absolute atomic E-state index is 12.5. The van der Waals surface area contributed by atoms with E-state index in [1.807, 2.05) is 6.07 Å². The fourth-order valence-electron chi connectivity index (χ4n) is 3.67. The SMILES string of the molecule is CC(OC(=O)Nc1c(C#N)nsc1C#Cc1cc2cc(C3(C(=O)O)CC3)oc2o1)c1ccccc1Cl. The summed E-state index contributed by atoms with van der Waals surface area (Å²) in [7, 11) is 0. The van der Waals surface area contributed by atoms with Crippen molar-refractivity contribution >= 4 is 52.0 Å². The number of amides is 1. The molecule has 1 unspecified atom stereocenters. The zero-order valence-electron chi connectivity index (χ0n) is 18.6. The Labute approximate surface area is 213 Å². The van der Waals surface area contributed by atoms with Crippen molar-refractivity contribution in [3.63, 3.8) is 0 Å². The number of hydrogen-bond acceptors (Lipinski definition) is 8. The number of furan rings is 2. The number of aromatic nitrogens is 1. The van der Waals surface area contributed by atoms with Crippen molar-refractivity contribution in [2.24, 2.45) is 0 Å². The first-order chi connectivity index (χ1) is 17.3. The number of carbonyl (C=O) groups excluding carboxylic acids is 1. The first-order valence-electron chi connectivity index (χ1n) is 10.7. The molecule has 0 saturated heterocycles. The van der Waals surface area contributed by atoms with E-state index < -0.39 is 23.6 Å². The number of nitriles is 1. The Hall–Kier alpha value is -4.25. The number of aliphatic carboxylic acids is 1. The summed E-state index contributed by atoms with van der Waals surface area (Å²) >= 11 is 7.10. The van der Waals surface area contributed by atoms with E-state index in [2.05, 4.69) is 21.5 Å². The van der Waals surface area contributed by atoms with Gasteiger partial charge in [0.25, 0.3) is 5.78 Å². The number of carboxylic acids is 1. The van der Waals surface area contributed by atoms with Gasteiger partial charge in [-0.25, -0.2) is 4.79 Å². The van der Waals surface area contributed by atoms with E-state index >= 15 is 0 Å². The second kappa shape index (κ2) is 9.08. The molecule has 1 aromatic carbocycles. The van der Waals surface area contributed by atoms with Crippen LogP contribution in [0.4, 0.5) is 10.5 Å². The molecule has 36 heavy (non-hydrogen) atoms. The minimum atomic E-state index is -0.970. The average Bonchev–Trinajstić information content (AvgIpc) is 3.23. The lowest BCUT2D eigenvalue weighted by Crippen LogP contribution is -2.18. The molecule has 1 atom stereocenters. The van der Waals surface area contributed by atoms with Gasteiger partial charge in [0.2, 0.25) is 0 Å². The van der Waals surface area contributed by atoms with Gasteiger partial charge < -0.3 is 18.7 Å². The van der Waals surface area contributed by atoms with Gasteiger partial charge in [-0.15, -0.1) is 0 Å². The third-order valence-corrected chi connectivity index (χ3v) is 6.90. The van der Waals surface area contributed by atoms with Crippen LogP contribution in [0, 0.1) is 23.2 Å². The van der Waals surface area contributed by atoms with Crippen molar-refractivity contribution in [2.75, 3.05) is 5.32 Å². The Morgan fingerprint density at radius 2 is 2.06 bits per heavy atom. The number of nitrogens with one attached hydrogen (secondary N) is 1. The summed E-state index contributed by atoms with van der Waals surface area (Å²) in [5.74, 6) is 5.55. The average molecular weight is 522 g/mol. The van der Waals surface area contributed by atoms with Crippen LogP contribution in [0.15, 0.2) is 45.2 Å². The number of carbonyl (C=O) groups is 2. The highest BCUT2D eigenvalue weighted by Gasteiger charge is 2.54. The van der Waals surface area contributed by atoms with E-state index in [1.54, 1.807) is 43.3 Å². The van der Waals surface area contributed by atoms with Gasteiger partial charge in [-0.05, 0) is 55.3 Å². The molecule has 2 N–H and O–H groups in total. The standard InChI is InChI=1S/C25H16ClN3O6S/c1-13(16-4-2-3-5-17(16)26)33-24(32)28-21-18(12-27)29-36-19(21)7-6-15-10-14-11-20(35-22(14)34-15)25(8-9-25)23(30)31/h2-5,10-11,13H,8-9H2,1H3,(H,28,32)(H,30,31). The molecule has 5 rings (SSSR count). The molecule has 0 aliphatic heterocycles. The fourth-order valence-corrected chi connectivity index (χ4v) is 4.61. The number of halogens is 1. The third kappa shape index (κ3) is 4.29. The predicted octanol–water partition coefficient (Wildman–Crippen LogP) is 5.83. The van der Waals surface area contributed by atoms with E-state index in [-0.39, 0.29) is 22.9 Å². The number of anilines is 1. The molecule has 1 aliphatic carbocycles. The molecular weight excluding hydrogens is 506 g/mol. The van der Waals surface area contributed by atoms with Crippen LogP contribution < -0.4 is 5.32 Å². The number of benzene rings is 1. The van der Waals surface area contributed by atoms with Gasteiger partial charge >= 0.3 is 12.1 Å². The number of nitrogens with zero attached hydrogens (tertiary/aromatic N) is 2. The number of fused-ring (bicyclic) bond motifs is 1. The normalized spacial score (nSPS) is 14.4. The largest absolute Gasteiger partial charge is 0.480 e. The summed E-state index contributed by atoms with van der Waals surface area (Å²) in [5.41, 5.74) is -0.212. The van der Waals surface area contributed by atoms with Crippen LogP contribution in [-0.2, 0) is 14.9 Å². The van der Waals surface area contributed by atoms with Gasteiger partial charge in [-0.1, -0.05) is 29.8 Å². The minimum Gasteiger partial charge on any atom is -0.480 e. The smallest absolute Gasteiger partial charge is 0.412 e. The molecule has 0 bridgehead atoms. The maximum Gasteiger partial charge on any atom is 0.412 e. The number of ether oxygens (including phenoxy) is 1. The van der Waals surface area contributed by atoms with Crippen molar-refractivity contribution < 1.29 is 28.3 Å². The van der Waals surface area contributed by atoms with E-state index in [9.17, 15) is 20.0 Å². The second-order valence-electron chi connectivity index (χ2n) is 8.14. The van der Waals surface area contributed by atoms with Crippen molar-refractivity contribution in [1.82, 2.24) is 4.37 Å². The zero-order chi connectivity index (χ0) is 25.4. The van der Waals surface area contributed by atoms with Crippen LogP contribution in [0.3, 0.4) is 0 Å². The lowest BCUT2D eigenvalue weighted by molar-refractivity contribution is -0.140. The highest BCUT2D eigenvalue weighted by atomic mass is 35.5. The molecule has 3 aromatic heterocycles. The van der Waals surface area contributed by atoms with Crippen molar-refractivity contribution in [2.45, 2.75) is 31.3 Å². The molecule has 11 heteroatoms. The lowest BCUT2D eigenvalue weighted by Gasteiger charge is -2.15. The number of carboxylic acid groups (broad SMARTS) is 1. The van der Waals surface area contributed by atoms with E-state index in [0.29, 0.717) is 39.5 Å². The summed E-state index contributed by atoms with van der Waals surface area (Å²) in [6.45, 7) is 1.68. The third-order valence-electron chi connectivity index (χ3n) is 5.80.